The van der Waals surface area contributed by atoms with Crippen LogP contribution in [0.3, 0.4) is 0 Å². The predicted molar refractivity (Wildman–Crippen MR) is 116 cm³/mol. The minimum Gasteiger partial charge on any atom is -0.443 e. The van der Waals surface area contributed by atoms with E-state index < -0.39 is 56.8 Å². The van der Waals surface area contributed by atoms with Gasteiger partial charge < -0.3 is 4.74 Å². The molecule has 0 fully saturated rings. The van der Waals surface area contributed by atoms with E-state index in [1.165, 1.54) is 13.0 Å². The Hall–Kier alpha value is -2.99. The zero-order chi connectivity index (χ0) is 25.5. The molecule has 0 N–H and O–H groups in total. The summed E-state index contributed by atoms with van der Waals surface area (Å²) in [7, 11) is -4.67. The summed E-state index contributed by atoms with van der Waals surface area (Å²) >= 11 is 0. The number of ether oxygens (including phenoxy) is 1. The van der Waals surface area contributed by atoms with E-state index in [0.717, 1.165) is 47.3 Å². The Kier molecular flexibility index (Phi) is 6.78. The Bertz CT molecular complexity index is 1300. The molecule has 34 heavy (non-hydrogen) atoms. The molecule has 1 heterocycles. The van der Waals surface area contributed by atoms with Crippen LogP contribution >= 0.6 is 0 Å². The Morgan fingerprint density at radius 2 is 1.74 bits per heavy atom. The van der Waals surface area contributed by atoms with Gasteiger partial charge in [-0.2, -0.15) is 17.5 Å². The van der Waals surface area contributed by atoms with Crippen LogP contribution in [0, 0.1) is 5.82 Å². The lowest BCUT2D eigenvalue weighted by Crippen LogP contribution is -2.42. The first kappa shape index (κ1) is 25.6. The summed E-state index contributed by atoms with van der Waals surface area (Å²) in [4.78, 5) is 15.9. The van der Waals surface area contributed by atoms with E-state index in [9.17, 15) is 30.8 Å². The van der Waals surface area contributed by atoms with E-state index in [1.54, 1.807) is 20.8 Å². The maximum Gasteiger partial charge on any atom is 0.420 e. The summed E-state index contributed by atoms with van der Waals surface area (Å²) in [5.41, 5.74) is -0.906. The highest BCUT2D eigenvalue weighted by atomic mass is 32.2. The molecular formula is C22H23F4N3O4S. The first-order chi connectivity index (χ1) is 15.6. The van der Waals surface area contributed by atoms with Crippen LogP contribution in [-0.2, 0) is 14.8 Å². The summed E-state index contributed by atoms with van der Waals surface area (Å²) in [6.45, 7) is 5.79. The Labute approximate surface area is 194 Å². The van der Waals surface area contributed by atoms with Gasteiger partial charge in [-0.05, 0) is 56.7 Å². The molecule has 2 aromatic carbocycles. The van der Waals surface area contributed by atoms with Crippen molar-refractivity contribution in [2.45, 2.75) is 50.4 Å². The number of hydrogen-bond acceptors (Lipinski definition) is 5. The molecule has 3 aromatic rings. The van der Waals surface area contributed by atoms with Crippen molar-refractivity contribution in [1.82, 2.24) is 13.9 Å². The van der Waals surface area contributed by atoms with Crippen LogP contribution < -0.4 is 0 Å². The van der Waals surface area contributed by atoms with Gasteiger partial charge in [0, 0.05) is 6.54 Å². The molecule has 3 rings (SSSR count). The average molecular weight is 502 g/mol. The van der Waals surface area contributed by atoms with Crippen molar-refractivity contribution in [3.63, 3.8) is 0 Å². The third-order valence-corrected chi connectivity index (χ3v) is 6.75. The van der Waals surface area contributed by atoms with E-state index in [1.807, 2.05) is 0 Å². The first-order valence-corrected chi connectivity index (χ1v) is 11.6. The average Bonchev–Trinajstić information content (AvgIpc) is 3.14. The number of sulfonamides is 1. The number of benzene rings is 2. The van der Waals surface area contributed by atoms with Crippen molar-refractivity contribution >= 4 is 27.1 Å². The molecule has 0 unspecified atom stereocenters. The van der Waals surface area contributed by atoms with Gasteiger partial charge in [0.05, 0.1) is 15.9 Å². The van der Waals surface area contributed by atoms with Gasteiger partial charge in [-0.15, -0.1) is 0 Å². The van der Waals surface area contributed by atoms with Crippen LogP contribution in [-0.4, -0.2) is 46.7 Å². The third kappa shape index (κ3) is 5.22. The highest BCUT2D eigenvalue weighted by molar-refractivity contribution is 7.89. The van der Waals surface area contributed by atoms with Crippen LogP contribution in [0.4, 0.5) is 22.4 Å². The summed E-state index contributed by atoms with van der Waals surface area (Å²) in [5, 5.41) is 0. The molecular weight excluding hydrogens is 478 g/mol. The summed E-state index contributed by atoms with van der Waals surface area (Å²) in [6, 6.07) is 4.40. The fraction of sp³-hybridized carbons (Fsp3) is 0.364. The number of fused-ring (bicyclic) bond motifs is 1. The van der Waals surface area contributed by atoms with Crippen LogP contribution in [0.25, 0.3) is 11.0 Å². The van der Waals surface area contributed by atoms with E-state index >= 15 is 0 Å². The lowest BCUT2D eigenvalue weighted by molar-refractivity contribution is -0.173. The smallest absolute Gasteiger partial charge is 0.420 e. The maximum absolute atomic E-state index is 14.0. The highest BCUT2D eigenvalue weighted by Crippen LogP contribution is 2.40. The largest absolute Gasteiger partial charge is 0.443 e. The Balaban J connectivity index is 2.05. The third-order valence-electron chi connectivity index (χ3n) is 4.81. The van der Waals surface area contributed by atoms with Crippen molar-refractivity contribution in [2.75, 3.05) is 6.54 Å². The van der Waals surface area contributed by atoms with Crippen LogP contribution in [0.5, 0.6) is 0 Å². The molecule has 1 aromatic heterocycles. The van der Waals surface area contributed by atoms with Gasteiger partial charge in [-0.1, -0.05) is 19.1 Å². The summed E-state index contributed by atoms with van der Waals surface area (Å²) < 4.78 is 88.5. The van der Waals surface area contributed by atoms with Gasteiger partial charge in [0.15, 0.2) is 0 Å². The number of alkyl halides is 3. The standard InChI is InChI=1S/C22H23F4N3O4S/c1-5-29(19(22(24,25)26)14-6-8-15(23)9-7-14)34(31,32)16-10-11-18-17(12-16)27-13-28(18)20(30)33-21(2,3)4/h6-13,19H,5H2,1-4H3/t19-/m1/s1. The molecule has 184 valence electrons. The topological polar surface area (TPSA) is 81.5 Å². The number of aromatic nitrogens is 2. The van der Waals surface area contributed by atoms with Crippen LogP contribution in [0.1, 0.15) is 39.3 Å². The number of imidazole rings is 1. The Morgan fingerprint density at radius 3 is 2.26 bits per heavy atom. The summed E-state index contributed by atoms with van der Waals surface area (Å²) in [6.07, 6.45) is -4.57. The molecule has 1 atom stereocenters. The van der Waals surface area contributed by atoms with Crippen LogP contribution in [0.2, 0.25) is 0 Å². The fourth-order valence-electron chi connectivity index (χ4n) is 3.40. The van der Waals surface area contributed by atoms with E-state index in [4.69, 9.17) is 4.74 Å². The number of rotatable bonds is 5. The first-order valence-electron chi connectivity index (χ1n) is 10.2. The van der Waals surface area contributed by atoms with Gasteiger partial charge in [-0.3, -0.25) is 0 Å². The molecule has 0 bridgehead atoms. The second-order valence-corrected chi connectivity index (χ2v) is 10.3. The highest BCUT2D eigenvalue weighted by Gasteiger charge is 2.48. The SMILES string of the molecule is CCN([C@H](c1ccc(F)cc1)C(F)(F)F)S(=O)(=O)c1ccc2c(c1)ncn2C(=O)OC(C)(C)C. The van der Waals surface area contributed by atoms with Crippen molar-refractivity contribution in [3.8, 4) is 0 Å². The van der Waals surface area contributed by atoms with Crippen molar-refractivity contribution in [1.29, 1.82) is 0 Å². The quantitative estimate of drug-likeness (QED) is 0.445. The monoisotopic (exact) mass is 501 g/mol. The Morgan fingerprint density at radius 1 is 1.12 bits per heavy atom. The van der Waals surface area contributed by atoms with Gasteiger partial charge in [0.2, 0.25) is 10.0 Å². The number of nitrogens with zero attached hydrogens (tertiary/aromatic N) is 3. The number of halogens is 4. The molecule has 0 spiro atoms. The molecule has 0 aliphatic rings. The minimum atomic E-state index is -4.97. The predicted octanol–water partition coefficient (Wildman–Crippen LogP) is 5.27. The number of carbonyl (C=O) groups excluding carboxylic acids is 1. The fourth-order valence-corrected chi connectivity index (χ4v) is 5.03. The van der Waals surface area contributed by atoms with Gasteiger partial charge in [-0.25, -0.2) is 27.2 Å². The van der Waals surface area contributed by atoms with Crippen LogP contribution in [0.15, 0.2) is 53.7 Å². The zero-order valence-corrected chi connectivity index (χ0v) is 19.6. The molecule has 0 aliphatic heterocycles. The molecule has 0 saturated heterocycles. The normalized spacial score (nSPS) is 13.9. The lowest BCUT2D eigenvalue weighted by Gasteiger charge is -2.31. The molecule has 12 heteroatoms. The second kappa shape index (κ2) is 8.99. The molecule has 7 nitrogen and oxygen atoms in total. The summed E-state index contributed by atoms with van der Waals surface area (Å²) in [5.74, 6) is -0.749. The number of carbonyl (C=O) groups is 1. The van der Waals surface area contributed by atoms with E-state index in [0.29, 0.717) is 4.31 Å². The molecule has 0 aliphatic carbocycles. The van der Waals surface area contributed by atoms with Crippen molar-refractivity contribution in [3.05, 3.63) is 60.2 Å². The number of hydrogen-bond donors (Lipinski definition) is 0. The van der Waals surface area contributed by atoms with E-state index in [-0.39, 0.29) is 11.0 Å². The lowest BCUT2D eigenvalue weighted by atomic mass is 10.1. The maximum atomic E-state index is 14.0. The molecule has 0 amide bonds. The van der Waals surface area contributed by atoms with Gasteiger partial charge >= 0.3 is 12.3 Å². The minimum absolute atomic E-state index is 0.0772. The molecule has 0 radical (unpaired) electrons. The van der Waals surface area contributed by atoms with E-state index in [2.05, 4.69) is 4.98 Å². The van der Waals surface area contributed by atoms with Crippen molar-refractivity contribution in [2.24, 2.45) is 0 Å². The van der Waals surface area contributed by atoms with Crippen molar-refractivity contribution < 1.29 is 35.5 Å². The van der Waals surface area contributed by atoms with Gasteiger partial charge in [0.25, 0.3) is 0 Å². The van der Waals surface area contributed by atoms with Gasteiger partial charge in [0.1, 0.15) is 23.8 Å². The molecule has 0 saturated carbocycles. The zero-order valence-electron chi connectivity index (χ0n) is 18.8. The second-order valence-electron chi connectivity index (χ2n) is 8.45.